The van der Waals surface area contributed by atoms with Crippen LogP contribution >= 0.6 is 0 Å². The van der Waals surface area contributed by atoms with E-state index in [-0.39, 0.29) is 18.3 Å². The van der Waals surface area contributed by atoms with Crippen LogP contribution in [0.1, 0.15) is 5.56 Å². The topological polar surface area (TPSA) is 67.4 Å². The molecule has 1 rings (SSSR count). The Kier molecular flexibility index (Phi) is 6.99. The number of rotatable bonds is 7. The van der Waals surface area contributed by atoms with E-state index in [1.54, 1.807) is 12.1 Å². The van der Waals surface area contributed by atoms with Crippen molar-refractivity contribution in [1.82, 2.24) is 10.6 Å². The summed E-state index contributed by atoms with van der Waals surface area (Å²) in [5, 5.41) is 5.01. The molecule has 0 atom stereocenters. The van der Waals surface area contributed by atoms with Crippen molar-refractivity contribution in [3.63, 3.8) is 0 Å². The van der Waals surface area contributed by atoms with E-state index in [0.29, 0.717) is 18.7 Å². The fraction of sp³-hybridized carbons (Fsp3) is 0.286. The largest absolute Gasteiger partial charge is 0.383 e. The van der Waals surface area contributed by atoms with Gasteiger partial charge in [0.25, 0.3) is 0 Å². The lowest BCUT2D eigenvalue weighted by atomic mass is 10.2. The molecule has 0 bridgehead atoms. The van der Waals surface area contributed by atoms with Crippen molar-refractivity contribution in [1.29, 1.82) is 0 Å². The number of hydrogen-bond acceptors (Lipinski definition) is 3. The van der Waals surface area contributed by atoms with E-state index in [9.17, 15) is 14.0 Å². The van der Waals surface area contributed by atoms with E-state index < -0.39 is 5.91 Å². The minimum absolute atomic E-state index is 0.101. The smallest absolute Gasteiger partial charge is 0.244 e. The molecule has 108 valence electrons. The molecule has 0 saturated heterocycles. The van der Waals surface area contributed by atoms with E-state index in [1.165, 1.54) is 31.4 Å². The highest BCUT2D eigenvalue weighted by Gasteiger charge is 2.02. The lowest BCUT2D eigenvalue weighted by Gasteiger charge is -2.04. The molecule has 0 aliphatic carbocycles. The molecule has 6 heteroatoms. The number of benzene rings is 1. The Labute approximate surface area is 116 Å². The minimum atomic E-state index is -0.392. The number of halogens is 1. The highest BCUT2D eigenvalue weighted by molar-refractivity contribution is 5.94. The summed E-state index contributed by atoms with van der Waals surface area (Å²) in [6, 6.07) is 5.72. The first-order chi connectivity index (χ1) is 9.61. The first-order valence-electron chi connectivity index (χ1n) is 6.09. The maximum atomic E-state index is 12.7. The van der Waals surface area contributed by atoms with E-state index in [0.717, 1.165) is 0 Å². The third-order valence-corrected chi connectivity index (χ3v) is 2.35. The van der Waals surface area contributed by atoms with Gasteiger partial charge in [-0.2, -0.15) is 0 Å². The standard InChI is InChI=1S/C14H17FN2O3/c1-20-9-8-16-14(19)10-17-13(18)7-4-11-2-5-12(15)6-3-11/h2-7H,8-10H2,1H3,(H,16,19)(H,17,18)/b7-4+. The predicted molar refractivity (Wildman–Crippen MR) is 73.3 cm³/mol. The Morgan fingerprint density at radius 1 is 1.25 bits per heavy atom. The summed E-state index contributed by atoms with van der Waals surface area (Å²) in [7, 11) is 1.54. The summed E-state index contributed by atoms with van der Waals surface area (Å²) in [5.41, 5.74) is 0.700. The van der Waals surface area contributed by atoms with Gasteiger partial charge in [0.1, 0.15) is 5.82 Å². The second kappa shape index (κ2) is 8.82. The molecule has 1 aromatic carbocycles. The maximum absolute atomic E-state index is 12.7. The minimum Gasteiger partial charge on any atom is -0.383 e. The van der Waals surface area contributed by atoms with Crippen LogP contribution in [0.15, 0.2) is 30.3 Å². The van der Waals surface area contributed by atoms with Crippen molar-refractivity contribution in [2.75, 3.05) is 26.8 Å². The van der Waals surface area contributed by atoms with Crippen LogP contribution in [0.2, 0.25) is 0 Å². The van der Waals surface area contributed by atoms with Gasteiger partial charge in [0.15, 0.2) is 0 Å². The Balaban J connectivity index is 2.29. The summed E-state index contributed by atoms with van der Waals surface area (Å²) in [6.07, 6.45) is 2.83. The first-order valence-corrected chi connectivity index (χ1v) is 6.09. The molecule has 2 amide bonds. The quantitative estimate of drug-likeness (QED) is 0.571. The fourth-order valence-electron chi connectivity index (χ4n) is 1.33. The van der Waals surface area contributed by atoms with Gasteiger partial charge in [0.2, 0.25) is 11.8 Å². The lowest BCUT2D eigenvalue weighted by molar-refractivity contribution is -0.124. The first kappa shape index (κ1) is 15.8. The Morgan fingerprint density at radius 2 is 1.95 bits per heavy atom. The normalized spacial score (nSPS) is 10.5. The van der Waals surface area contributed by atoms with Crippen LogP contribution in [0.3, 0.4) is 0 Å². The monoisotopic (exact) mass is 280 g/mol. The average Bonchev–Trinajstić information content (AvgIpc) is 2.45. The summed E-state index contributed by atoms with van der Waals surface area (Å²) >= 11 is 0. The zero-order valence-corrected chi connectivity index (χ0v) is 11.2. The second-order valence-corrected chi connectivity index (χ2v) is 3.95. The van der Waals surface area contributed by atoms with Gasteiger partial charge in [0, 0.05) is 19.7 Å². The zero-order chi connectivity index (χ0) is 14.8. The summed E-state index contributed by atoms with van der Waals surface area (Å²) in [4.78, 5) is 22.7. The molecule has 0 saturated carbocycles. The number of nitrogens with one attached hydrogen (secondary N) is 2. The van der Waals surface area contributed by atoms with Gasteiger partial charge in [-0.25, -0.2) is 4.39 Å². The number of amides is 2. The van der Waals surface area contributed by atoms with Gasteiger partial charge in [-0.05, 0) is 23.8 Å². The van der Waals surface area contributed by atoms with Crippen LogP contribution in [0.25, 0.3) is 6.08 Å². The van der Waals surface area contributed by atoms with Crippen LogP contribution in [0.4, 0.5) is 4.39 Å². The van der Waals surface area contributed by atoms with Gasteiger partial charge in [-0.15, -0.1) is 0 Å². The van der Waals surface area contributed by atoms with Crippen molar-refractivity contribution >= 4 is 17.9 Å². The van der Waals surface area contributed by atoms with Gasteiger partial charge >= 0.3 is 0 Å². The molecular weight excluding hydrogens is 263 g/mol. The van der Waals surface area contributed by atoms with Crippen LogP contribution < -0.4 is 10.6 Å². The molecule has 0 heterocycles. The summed E-state index contributed by atoms with van der Waals surface area (Å²) < 4.78 is 17.4. The molecule has 0 unspecified atom stereocenters. The third kappa shape index (κ3) is 6.65. The molecule has 0 aromatic heterocycles. The average molecular weight is 280 g/mol. The molecule has 0 aliphatic heterocycles. The highest BCUT2D eigenvalue weighted by Crippen LogP contribution is 2.04. The van der Waals surface area contributed by atoms with Gasteiger partial charge in [-0.1, -0.05) is 12.1 Å². The summed E-state index contributed by atoms with van der Waals surface area (Å²) in [5.74, 6) is -1.01. The molecule has 0 spiro atoms. The number of hydrogen-bond donors (Lipinski definition) is 2. The molecule has 1 aromatic rings. The van der Waals surface area contributed by atoms with E-state index in [2.05, 4.69) is 10.6 Å². The van der Waals surface area contributed by atoms with Gasteiger partial charge < -0.3 is 15.4 Å². The SMILES string of the molecule is COCCNC(=O)CNC(=O)/C=C/c1ccc(F)cc1. The Morgan fingerprint density at radius 3 is 2.60 bits per heavy atom. The molecule has 20 heavy (non-hydrogen) atoms. The highest BCUT2D eigenvalue weighted by atomic mass is 19.1. The van der Waals surface area contributed by atoms with Crippen molar-refractivity contribution in [2.24, 2.45) is 0 Å². The van der Waals surface area contributed by atoms with Crippen LogP contribution in [-0.4, -0.2) is 38.6 Å². The molecule has 2 N–H and O–H groups in total. The van der Waals surface area contributed by atoms with Crippen molar-refractivity contribution < 1.29 is 18.7 Å². The molecule has 0 aliphatic rings. The van der Waals surface area contributed by atoms with Gasteiger partial charge in [0.05, 0.1) is 13.2 Å². The lowest BCUT2D eigenvalue weighted by Crippen LogP contribution is -2.37. The second-order valence-electron chi connectivity index (χ2n) is 3.95. The van der Waals surface area contributed by atoms with Crippen LogP contribution in [0, 0.1) is 5.82 Å². The summed E-state index contributed by atoms with van der Waals surface area (Å²) in [6.45, 7) is 0.719. The van der Waals surface area contributed by atoms with Gasteiger partial charge in [-0.3, -0.25) is 9.59 Å². The van der Waals surface area contributed by atoms with E-state index in [4.69, 9.17) is 4.74 Å². The van der Waals surface area contributed by atoms with Crippen LogP contribution in [0.5, 0.6) is 0 Å². The Bertz CT molecular complexity index is 472. The number of ether oxygens (including phenoxy) is 1. The van der Waals surface area contributed by atoms with Crippen molar-refractivity contribution in [3.05, 3.63) is 41.7 Å². The number of methoxy groups -OCH3 is 1. The third-order valence-electron chi connectivity index (χ3n) is 2.35. The maximum Gasteiger partial charge on any atom is 0.244 e. The molecule has 0 fully saturated rings. The molecule has 5 nitrogen and oxygen atoms in total. The van der Waals surface area contributed by atoms with E-state index >= 15 is 0 Å². The van der Waals surface area contributed by atoms with E-state index in [1.807, 2.05) is 0 Å². The predicted octanol–water partition coefficient (Wildman–Crippen LogP) is 0.718. The zero-order valence-electron chi connectivity index (χ0n) is 11.2. The van der Waals surface area contributed by atoms with Crippen molar-refractivity contribution in [3.8, 4) is 0 Å². The van der Waals surface area contributed by atoms with Crippen LogP contribution in [-0.2, 0) is 14.3 Å². The van der Waals surface area contributed by atoms with Crippen molar-refractivity contribution in [2.45, 2.75) is 0 Å². The number of carbonyl (C=O) groups is 2. The number of carbonyl (C=O) groups excluding carboxylic acids is 2. The molecular formula is C14H17FN2O3. The fourth-order valence-corrected chi connectivity index (χ4v) is 1.33. The Hall–Kier alpha value is -2.21. The molecule has 0 radical (unpaired) electrons.